The van der Waals surface area contributed by atoms with E-state index in [-0.39, 0.29) is 0 Å². The maximum atomic E-state index is 9.18. The molecule has 0 saturated carbocycles. The summed E-state index contributed by atoms with van der Waals surface area (Å²) in [6.45, 7) is 2.46. The van der Waals surface area contributed by atoms with E-state index in [1.54, 1.807) is 4.90 Å². The van der Waals surface area contributed by atoms with Crippen LogP contribution in [0.3, 0.4) is 0 Å². The van der Waals surface area contributed by atoms with Crippen LogP contribution in [0.25, 0.3) is 0 Å². The van der Waals surface area contributed by atoms with Crippen LogP contribution >= 0.6 is 0 Å². The molecule has 28 heavy (non-hydrogen) atoms. The Balaban J connectivity index is 1.43. The Morgan fingerprint density at radius 3 is 2.36 bits per heavy atom. The standard InChI is InChI=1S/C25H27N3/c26-17-24(18-27)22-7-6-21-8-9-25(16-23(21)15-22)28-12-10-20(11-13-28)14-19-4-2-1-3-5-19/h1-5,15-16,20-21H,6-14H2/p+1/t21-/m0/s1. The van der Waals surface area contributed by atoms with Gasteiger partial charge < -0.3 is 4.90 Å². The summed E-state index contributed by atoms with van der Waals surface area (Å²) >= 11 is 0. The number of piperidine rings is 1. The number of benzene rings is 1. The van der Waals surface area contributed by atoms with E-state index >= 15 is 0 Å². The highest BCUT2D eigenvalue weighted by Gasteiger charge is 2.30. The summed E-state index contributed by atoms with van der Waals surface area (Å²) in [5, 5.41) is 18.4. The zero-order chi connectivity index (χ0) is 19.3. The second-order valence-electron chi connectivity index (χ2n) is 8.45. The largest absolute Gasteiger partial charge is 0.306 e. The van der Waals surface area contributed by atoms with E-state index in [2.05, 4.69) is 54.6 Å². The van der Waals surface area contributed by atoms with Gasteiger partial charge in [0, 0.05) is 19.3 Å². The molecule has 4 rings (SSSR count). The van der Waals surface area contributed by atoms with Crippen LogP contribution in [-0.4, -0.2) is 13.1 Å². The fourth-order valence-corrected chi connectivity index (χ4v) is 5.10. The monoisotopic (exact) mass is 370 g/mol. The van der Waals surface area contributed by atoms with Crippen molar-refractivity contribution in [1.29, 1.82) is 10.5 Å². The first-order valence-electron chi connectivity index (χ1n) is 10.6. The minimum Gasteiger partial charge on any atom is -0.306 e. The van der Waals surface area contributed by atoms with Crippen molar-refractivity contribution in [1.82, 2.24) is 0 Å². The molecule has 1 N–H and O–H groups in total. The summed E-state index contributed by atoms with van der Waals surface area (Å²) < 4.78 is 0. The predicted octanol–water partition coefficient (Wildman–Crippen LogP) is 3.88. The molecule has 3 nitrogen and oxygen atoms in total. The number of hydrogen-bond donors (Lipinski definition) is 1. The van der Waals surface area contributed by atoms with Crippen LogP contribution in [-0.2, 0) is 6.42 Å². The second-order valence-corrected chi connectivity index (χ2v) is 8.45. The third kappa shape index (κ3) is 4.11. The van der Waals surface area contributed by atoms with Crippen LogP contribution in [0.5, 0.6) is 0 Å². The smallest absolute Gasteiger partial charge is 0.132 e. The van der Waals surface area contributed by atoms with Gasteiger partial charge >= 0.3 is 0 Å². The molecule has 2 aliphatic carbocycles. The lowest BCUT2D eigenvalue weighted by Gasteiger charge is -2.34. The summed E-state index contributed by atoms with van der Waals surface area (Å²) in [7, 11) is 0. The molecular formula is C25H28N3+. The van der Waals surface area contributed by atoms with Gasteiger partial charge in [-0.15, -0.1) is 0 Å². The fraction of sp³-hybridized carbons (Fsp3) is 0.440. The van der Waals surface area contributed by atoms with Gasteiger partial charge in [-0.25, -0.2) is 0 Å². The number of rotatable bonds is 3. The SMILES string of the molecule is N#CC(C#N)=C1C=C2C=C([NH+]3CCC(Cc4ccccc4)CC3)CC[C@@H]2CC1. The van der Waals surface area contributed by atoms with Crippen molar-refractivity contribution in [3.63, 3.8) is 0 Å². The van der Waals surface area contributed by atoms with E-state index in [0.29, 0.717) is 11.5 Å². The summed E-state index contributed by atoms with van der Waals surface area (Å²) in [6.07, 6.45) is 12.7. The third-order valence-electron chi connectivity index (χ3n) is 6.75. The first-order valence-corrected chi connectivity index (χ1v) is 10.6. The van der Waals surface area contributed by atoms with Crippen molar-refractivity contribution in [3.05, 3.63) is 70.5 Å². The Kier molecular flexibility index (Phi) is 5.75. The zero-order valence-corrected chi connectivity index (χ0v) is 16.5. The Hall–Kier alpha value is -2.62. The molecule has 1 saturated heterocycles. The molecule has 142 valence electrons. The quantitative estimate of drug-likeness (QED) is 0.821. The second kappa shape index (κ2) is 8.59. The molecule has 3 aliphatic rings. The highest BCUT2D eigenvalue weighted by Crippen LogP contribution is 2.37. The van der Waals surface area contributed by atoms with Gasteiger partial charge in [0.25, 0.3) is 0 Å². The van der Waals surface area contributed by atoms with Gasteiger partial charge in [-0.05, 0) is 60.3 Å². The van der Waals surface area contributed by atoms with Gasteiger partial charge in [0.1, 0.15) is 23.4 Å². The predicted molar refractivity (Wildman–Crippen MR) is 110 cm³/mol. The molecule has 0 unspecified atom stereocenters. The molecule has 0 aromatic heterocycles. The van der Waals surface area contributed by atoms with Crippen LogP contribution in [0.1, 0.15) is 44.1 Å². The molecule has 1 heterocycles. The first-order chi connectivity index (χ1) is 13.8. The van der Waals surface area contributed by atoms with Crippen molar-refractivity contribution in [3.8, 4) is 12.1 Å². The molecule has 0 bridgehead atoms. The lowest BCUT2D eigenvalue weighted by molar-refractivity contribution is -0.869. The maximum absolute atomic E-state index is 9.18. The maximum Gasteiger partial charge on any atom is 0.132 e. The number of nitriles is 2. The molecular weight excluding hydrogens is 342 g/mol. The molecule has 1 aromatic carbocycles. The number of nitrogens with one attached hydrogen (secondary N) is 1. The number of likely N-dealkylation sites (tertiary alicyclic amines) is 1. The van der Waals surface area contributed by atoms with Crippen LogP contribution in [0, 0.1) is 34.5 Å². The van der Waals surface area contributed by atoms with E-state index in [1.807, 2.05) is 0 Å². The van der Waals surface area contributed by atoms with Gasteiger partial charge in [-0.3, -0.25) is 0 Å². The van der Waals surface area contributed by atoms with Crippen LogP contribution < -0.4 is 4.90 Å². The zero-order valence-electron chi connectivity index (χ0n) is 16.5. The molecule has 0 spiro atoms. The van der Waals surface area contributed by atoms with Crippen molar-refractivity contribution >= 4 is 0 Å². The van der Waals surface area contributed by atoms with Crippen LogP contribution in [0.4, 0.5) is 0 Å². The van der Waals surface area contributed by atoms with Crippen molar-refractivity contribution < 1.29 is 4.90 Å². The third-order valence-corrected chi connectivity index (χ3v) is 6.75. The molecule has 1 atom stereocenters. The van der Waals surface area contributed by atoms with Gasteiger partial charge in [-0.1, -0.05) is 36.4 Å². The van der Waals surface area contributed by atoms with Gasteiger partial charge in [0.05, 0.1) is 13.1 Å². The highest BCUT2D eigenvalue weighted by atomic mass is 15.1. The molecule has 3 heteroatoms. The number of nitrogens with zero attached hydrogens (tertiary/aromatic N) is 2. The van der Waals surface area contributed by atoms with Crippen LogP contribution in [0.15, 0.2) is 64.9 Å². The van der Waals surface area contributed by atoms with Gasteiger partial charge in [0.15, 0.2) is 0 Å². The minimum absolute atomic E-state index is 0.292. The molecule has 1 fully saturated rings. The average molecular weight is 371 g/mol. The average Bonchev–Trinajstić information content (AvgIpc) is 2.75. The van der Waals surface area contributed by atoms with E-state index < -0.39 is 0 Å². The van der Waals surface area contributed by atoms with Gasteiger partial charge in [0.2, 0.25) is 0 Å². The minimum atomic E-state index is 0.292. The fourth-order valence-electron chi connectivity index (χ4n) is 5.10. The Labute approximate surface area is 168 Å². The van der Waals surface area contributed by atoms with E-state index in [4.69, 9.17) is 0 Å². The number of allylic oxidation sites excluding steroid dienone is 6. The summed E-state index contributed by atoms with van der Waals surface area (Å²) in [5.41, 5.74) is 5.58. The van der Waals surface area contributed by atoms with Crippen molar-refractivity contribution in [2.24, 2.45) is 11.8 Å². The van der Waals surface area contributed by atoms with Crippen molar-refractivity contribution in [2.45, 2.75) is 44.9 Å². The Morgan fingerprint density at radius 2 is 1.64 bits per heavy atom. The molecule has 1 aliphatic heterocycles. The first kappa shape index (κ1) is 18.7. The Morgan fingerprint density at radius 1 is 0.929 bits per heavy atom. The molecule has 0 amide bonds. The Bertz CT molecular complexity index is 868. The van der Waals surface area contributed by atoms with E-state index in [1.165, 1.54) is 62.0 Å². The molecule has 0 radical (unpaired) electrons. The highest BCUT2D eigenvalue weighted by molar-refractivity contribution is 5.49. The van der Waals surface area contributed by atoms with Crippen LogP contribution in [0.2, 0.25) is 0 Å². The topological polar surface area (TPSA) is 52.0 Å². The number of fused-ring (bicyclic) bond motifs is 1. The lowest BCUT2D eigenvalue weighted by Crippen LogP contribution is -3.11. The molecule has 1 aromatic rings. The van der Waals surface area contributed by atoms with Crippen molar-refractivity contribution in [2.75, 3.05) is 13.1 Å². The van der Waals surface area contributed by atoms with E-state index in [0.717, 1.165) is 24.3 Å². The van der Waals surface area contributed by atoms with Gasteiger partial charge in [-0.2, -0.15) is 10.5 Å². The summed E-state index contributed by atoms with van der Waals surface area (Å²) in [5.74, 6) is 1.42. The number of hydrogen-bond acceptors (Lipinski definition) is 2. The number of quaternary nitrogens is 1. The normalized spacial score (nSPS) is 26.9. The lowest BCUT2D eigenvalue weighted by atomic mass is 9.77. The van der Waals surface area contributed by atoms with E-state index in [9.17, 15) is 10.5 Å². The summed E-state index contributed by atoms with van der Waals surface area (Å²) in [4.78, 5) is 1.65. The summed E-state index contributed by atoms with van der Waals surface area (Å²) in [6, 6.07) is 15.0.